The molecular weight excluding hydrogens is 354 g/mol. The Morgan fingerprint density at radius 1 is 1.08 bits per heavy atom. The topological polar surface area (TPSA) is 78.5 Å². The second-order valence-electron chi connectivity index (χ2n) is 6.64. The first kappa shape index (κ1) is 20.4. The molecule has 0 aromatic heterocycles. The third-order valence-electron chi connectivity index (χ3n) is 4.96. The van der Waals surface area contributed by atoms with Gasteiger partial charge in [0.1, 0.15) is 0 Å². The zero-order valence-corrected chi connectivity index (χ0v) is 15.9. The van der Waals surface area contributed by atoms with E-state index in [-0.39, 0.29) is 36.2 Å². The minimum Gasteiger partial charge on any atom is -0.351 e. The Hall–Kier alpha value is -1.92. The summed E-state index contributed by atoms with van der Waals surface area (Å²) in [6.07, 6.45) is 5.03. The summed E-state index contributed by atoms with van der Waals surface area (Å²) in [5, 5.41) is 5.95. The van der Waals surface area contributed by atoms with Crippen molar-refractivity contribution < 1.29 is 14.4 Å². The first-order valence-electron chi connectivity index (χ1n) is 9.14. The molecule has 0 radical (unpaired) electrons. The van der Waals surface area contributed by atoms with Crippen LogP contribution in [0.15, 0.2) is 18.2 Å². The Kier molecular flexibility index (Phi) is 7.17. The predicted molar refractivity (Wildman–Crippen MR) is 102 cm³/mol. The number of imide groups is 1. The minimum absolute atomic E-state index is 0. The van der Waals surface area contributed by atoms with Gasteiger partial charge in [0, 0.05) is 24.7 Å². The molecule has 26 heavy (non-hydrogen) atoms. The highest BCUT2D eigenvalue weighted by molar-refractivity contribution is 6.22. The van der Waals surface area contributed by atoms with Crippen molar-refractivity contribution in [3.8, 4) is 0 Å². The van der Waals surface area contributed by atoms with Gasteiger partial charge < -0.3 is 10.6 Å². The monoisotopic (exact) mass is 379 g/mol. The van der Waals surface area contributed by atoms with E-state index < -0.39 is 0 Å². The fourth-order valence-electron chi connectivity index (χ4n) is 3.61. The largest absolute Gasteiger partial charge is 0.351 e. The van der Waals surface area contributed by atoms with E-state index in [1.165, 1.54) is 4.90 Å². The van der Waals surface area contributed by atoms with Crippen molar-refractivity contribution in [2.24, 2.45) is 0 Å². The van der Waals surface area contributed by atoms with Crippen LogP contribution < -0.4 is 10.6 Å². The van der Waals surface area contributed by atoms with E-state index in [1.54, 1.807) is 18.2 Å². The van der Waals surface area contributed by atoms with Crippen molar-refractivity contribution in [1.29, 1.82) is 0 Å². The molecule has 0 saturated heterocycles. The molecule has 3 amide bonds. The van der Waals surface area contributed by atoms with Crippen molar-refractivity contribution in [1.82, 2.24) is 15.5 Å². The number of benzene rings is 1. The van der Waals surface area contributed by atoms with Gasteiger partial charge in [-0.25, -0.2) is 0 Å². The fourth-order valence-corrected chi connectivity index (χ4v) is 3.61. The molecule has 2 N–H and O–H groups in total. The van der Waals surface area contributed by atoms with Crippen LogP contribution in [0, 0.1) is 0 Å². The highest BCUT2D eigenvalue weighted by Gasteiger charge is 2.40. The molecule has 1 aliphatic heterocycles. The van der Waals surface area contributed by atoms with Gasteiger partial charge in [0.05, 0.1) is 11.1 Å². The molecule has 1 aliphatic carbocycles. The number of carbonyl (C=O) groups is 3. The Morgan fingerprint density at radius 2 is 1.77 bits per heavy atom. The molecule has 1 heterocycles. The summed E-state index contributed by atoms with van der Waals surface area (Å²) < 4.78 is 0. The van der Waals surface area contributed by atoms with Gasteiger partial charge in [-0.2, -0.15) is 0 Å². The lowest BCUT2D eigenvalue weighted by Gasteiger charge is -2.29. The zero-order chi connectivity index (χ0) is 17.8. The number of nitrogens with zero attached hydrogens (tertiary/aromatic N) is 1. The van der Waals surface area contributed by atoms with E-state index in [4.69, 9.17) is 0 Å². The number of nitrogens with one attached hydrogen (secondary N) is 2. The summed E-state index contributed by atoms with van der Waals surface area (Å²) in [5.41, 5.74) is 1.19. The highest BCUT2D eigenvalue weighted by atomic mass is 35.5. The lowest BCUT2D eigenvalue weighted by Crippen LogP contribution is -2.40. The van der Waals surface area contributed by atoms with E-state index >= 15 is 0 Å². The van der Waals surface area contributed by atoms with Crippen LogP contribution in [0.3, 0.4) is 0 Å². The van der Waals surface area contributed by atoms with Crippen LogP contribution in [0.1, 0.15) is 70.1 Å². The second kappa shape index (κ2) is 9.14. The van der Waals surface area contributed by atoms with Crippen LogP contribution in [0.2, 0.25) is 0 Å². The predicted octanol–water partition coefficient (Wildman–Crippen LogP) is 2.38. The summed E-state index contributed by atoms with van der Waals surface area (Å²) in [5.74, 6) is -0.697. The molecule has 0 spiro atoms. The molecule has 1 fully saturated rings. The van der Waals surface area contributed by atoms with Gasteiger partial charge in [0.15, 0.2) is 0 Å². The van der Waals surface area contributed by atoms with E-state index in [1.807, 2.05) is 6.92 Å². The quantitative estimate of drug-likeness (QED) is 0.587. The molecule has 2 aliphatic rings. The first-order valence-corrected chi connectivity index (χ1v) is 9.14. The number of rotatable bonds is 6. The van der Waals surface area contributed by atoms with Crippen LogP contribution in [0.4, 0.5) is 0 Å². The van der Waals surface area contributed by atoms with Crippen molar-refractivity contribution in [2.75, 3.05) is 19.6 Å². The highest BCUT2D eigenvalue weighted by Crippen LogP contribution is 2.31. The standard InChI is InChI=1S/C19H25N3O3.ClH/c1-2-20-10-11-21-17(23)13-8-9-15-16(12-13)19(25)22(18(15)24)14-6-4-3-5-7-14;/h8-9,12,14,20H,2-7,10-11H2,1H3,(H,21,23);1H. The molecule has 1 aromatic rings. The van der Waals surface area contributed by atoms with Crippen molar-refractivity contribution >= 4 is 30.1 Å². The SMILES string of the molecule is CCNCCNC(=O)c1ccc2c(c1)C(=O)N(C1CCCCC1)C2=O.Cl. The van der Waals surface area contributed by atoms with Gasteiger partial charge in [-0.3, -0.25) is 19.3 Å². The Bertz CT molecular complexity index is 687. The number of carbonyl (C=O) groups excluding carboxylic acids is 3. The Labute approximate surface area is 160 Å². The van der Waals surface area contributed by atoms with Crippen molar-refractivity contribution in [3.63, 3.8) is 0 Å². The van der Waals surface area contributed by atoms with E-state index in [2.05, 4.69) is 10.6 Å². The van der Waals surface area contributed by atoms with Gasteiger partial charge in [-0.15, -0.1) is 12.4 Å². The number of halogens is 1. The third-order valence-corrected chi connectivity index (χ3v) is 4.96. The lowest BCUT2D eigenvalue weighted by molar-refractivity contribution is 0.0549. The van der Waals surface area contributed by atoms with Gasteiger partial charge >= 0.3 is 0 Å². The molecule has 0 atom stereocenters. The van der Waals surface area contributed by atoms with Crippen molar-refractivity contribution in [2.45, 2.75) is 45.1 Å². The molecule has 0 bridgehead atoms. The van der Waals surface area contributed by atoms with Gasteiger partial charge in [0.25, 0.3) is 17.7 Å². The molecule has 7 heteroatoms. The number of hydrogen-bond acceptors (Lipinski definition) is 4. The third kappa shape index (κ3) is 4.07. The second-order valence-corrected chi connectivity index (χ2v) is 6.64. The van der Waals surface area contributed by atoms with Gasteiger partial charge in [0.2, 0.25) is 0 Å². The van der Waals surface area contributed by atoms with E-state index in [0.717, 1.165) is 38.6 Å². The van der Waals surface area contributed by atoms with E-state index in [0.29, 0.717) is 29.8 Å². The summed E-state index contributed by atoms with van der Waals surface area (Å²) in [7, 11) is 0. The zero-order valence-electron chi connectivity index (χ0n) is 15.0. The normalized spacial score (nSPS) is 17.0. The summed E-state index contributed by atoms with van der Waals surface area (Å²) in [6, 6.07) is 4.79. The molecule has 3 rings (SSSR count). The maximum absolute atomic E-state index is 12.7. The molecule has 1 saturated carbocycles. The van der Waals surface area contributed by atoms with Gasteiger partial charge in [-0.1, -0.05) is 26.2 Å². The van der Waals surface area contributed by atoms with Crippen LogP contribution in [0.25, 0.3) is 0 Å². The van der Waals surface area contributed by atoms with Crippen LogP contribution in [-0.4, -0.2) is 48.3 Å². The number of likely N-dealkylation sites (N-methyl/N-ethyl adjacent to an activating group) is 1. The Balaban J connectivity index is 0.00000243. The molecule has 0 unspecified atom stereocenters. The van der Waals surface area contributed by atoms with Crippen LogP contribution >= 0.6 is 12.4 Å². The number of fused-ring (bicyclic) bond motifs is 1. The lowest BCUT2D eigenvalue weighted by atomic mass is 9.94. The van der Waals surface area contributed by atoms with Crippen LogP contribution in [-0.2, 0) is 0 Å². The maximum Gasteiger partial charge on any atom is 0.261 e. The number of hydrogen-bond donors (Lipinski definition) is 2. The fraction of sp³-hybridized carbons (Fsp3) is 0.526. The number of amides is 3. The van der Waals surface area contributed by atoms with Crippen LogP contribution in [0.5, 0.6) is 0 Å². The molecule has 142 valence electrons. The minimum atomic E-state index is -0.255. The average molecular weight is 380 g/mol. The smallest absolute Gasteiger partial charge is 0.261 e. The summed E-state index contributed by atoms with van der Waals surface area (Å²) >= 11 is 0. The van der Waals surface area contributed by atoms with Crippen molar-refractivity contribution in [3.05, 3.63) is 34.9 Å². The first-order chi connectivity index (χ1) is 12.1. The average Bonchev–Trinajstić information content (AvgIpc) is 2.89. The Morgan fingerprint density at radius 3 is 2.46 bits per heavy atom. The summed E-state index contributed by atoms with van der Waals surface area (Å²) in [4.78, 5) is 39.0. The van der Waals surface area contributed by atoms with E-state index in [9.17, 15) is 14.4 Å². The molecule has 6 nitrogen and oxygen atoms in total. The van der Waals surface area contributed by atoms with Gasteiger partial charge in [-0.05, 0) is 37.6 Å². The summed E-state index contributed by atoms with van der Waals surface area (Å²) in [6.45, 7) is 4.07. The molecule has 1 aromatic carbocycles. The molecular formula is C19H26ClN3O3. The maximum atomic E-state index is 12.7.